The van der Waals surface area contributed by atoms with Crippen LogP contribution in [0.3, 0.4) is 0 Å². The number of hydrogen-bond acceptors (Lipinski definition) is 3. The molecule has 0 saturated heterocycles. The fourth-order valence-electron chi connectivity index (χ4n) is 2.68. The zero-order valence-electron chi connectivity index (χ0n) is 14.9. The molecule has 1 amide bonds. The Morgan fingerprint density at radius 3 is 2.58 bits per heavy atom. The van der Waals surface area contributed by atoms with E-state index in [1.54, 1.807) is 18.7 Å². The number of rotatable bonds is 8. The van der Waals surface area contributed by atoms with Gasteiger partial charge in [-0.2, -0.15) is 5.10 Å². The van der Waals surface area contributed by atoms with Crippen molar-refractivity contribution in [1.29, 1.82) is 0 Å². The van der Waals surface area contributed by atoms with E-state index >= 15 is 0 Å². The van der Waals surface area contributed by atoms with E-state index in [4.69, 9.17) is 5.73 Å². The van der Waals surface area contributed by atoms with Gasteiger partial charge in [-0.3, -0.25) is 9.89 Å². The minimum atomic E-state index is -0.793. The molecule has 0 spiro atoms. The summed E-state index contributed by atoms with van der Waals surface area (Å²) in [6.45, 7) is 4.24. The number of benzene rings is 1. The van der Waals surface area contributed by atoms with Crippen molar-refractivity contribution in [3.05, 3.63) is 42.1 Å². The summed E-state index contributed by atoms with van der Waals surface area (Å²) in [6, 6.07) is 12.3. The van der Waals surface area contributed by atoms with Crippen LogP contribution in [0.1, 0.15) is 38.8 Å². The van der Waals surface area contributed by atoms with E-state index in [1.165, 1.54) is 0 Å². The Balaban J connectivity index is 1.70. The molecule has 1 heterocycles. The van der Waals surface area contributed by atoms with Crippen LogP contribution in [0.15, 0.2) is 36.4 Å². The number of carbonyl (C=O) groups excluding carboxylic acids is 1. The maximum absolute atomic E-state index is 12.0. The van der Waals surface area contributed by atoms with Gasteiger partial charge in [0.1, 0.15) is 0 Å². The Kier molecular flexibility index (Phi) is 6.15. The number of aromatic amines is 1. The summed E-state index contributed by atoms with van der Waals surface area (Å²) < 4.78 is 0. The number of nitrogens with two attached hydrogens (primary N) is 1. The molecule has 5 heteroatoms. The molecule has 0 saturated carbocycles. The summed E-state index contributed by atoms with van der Waals surface area (Å²) in [5.74, 6) is -0.0106. The molecule has 0 aliphatic heterocycles. The van der Waals surface area contributed by atoms with Gasteiger partial charge in [-0.05, 0) is 39.2 Å². The summed E-state index contributed by atoms with van der Waals surface area (Å²) in [5.41, 5.74) is 8.31. The maximum atomic E-state index is 12.0. The number of unbranched alkanes of at least 4 members (excludes halogenated alkanes) is 2. The molecule has 130 valence electrons. The molecule has 1 aromatic heterocycles. The van der Waals surface area contributed by atoms with Crippen LogP contribution in [-0.4, -0.2) is 40.1 Å². The van der Waals surface area contributed by atoms with Crippen LogP contribution in [0.2, 0.25) is 0 Å². The molecule has 0 aliphatic carbocycles. The predicted molar refractivity (Wildman–Crippen MR) is 97.5 cm³/mol. The molecular weight excluding hydrogens is 300 g/mol. The van der Waals surface area contributed by atoms with Crippen LogP contribution in [-0.2, 0) is 11.2 Å². The van der Waals surface area contributed by atoms with E-state index in [9.17, 15) is 4.79 Å². The number of nitrogens with zero attached hydrogens (tertiary/aromatic N) is 2. The molecule has 1 aromatic carbocycles. The Morgan fingerprint density at radius 2 is 1.92 bits per heavy atom. The summed E-state index contributed by atoms with van der Waals surface area (Å²) in [7, 11) is 1.82. The standard InChI is InChI=1S/C19H28N4O/c1-19(2,20)18(24)23(3)13-9-5-8-12-16-14-17(22-21-16)15-10-6-4-7-11-15/h4,6-7,10-11,14H,5,8-9,12-13,20H2,1-3H3,(H,21,22). The highest BCUT2D eigenvalue weighted by Gasteiger charge is 2.24. The smallest absolute Gasteiger partial charge is 0.241 e. The van der Waals surface area contributed by atoms with Crippen molar-refractivity contribution in [2.45, 2.75) is 45.1 Å². The summed E-state index contributed by atoms with van der Waals surface area (Å²) in [4.78, 5) is 13.7. The molecule has 0 fully saturated rings. The van der Waals surface area contributed by atoms with Crippen molar-refractivity contribution in [1.82, 2.24) is 15.1 Å². The molecule has 3 N–H and O–H groups in total. The third-order valence-corrected chi connectivity index (χ3v) is 4.04. The van der Waals surface area contributed by atoms with Crippen LogP contribution in [0.25, 0.3) is 11.3 Å². The van der Waals surface area contributed by atoms with Gasteiger partial charge in [0.25, 0.3) is 0 Å². The fourth-order valence-corrected chi connectivity index (χ4v) is 2.68. The van der Waals surface area contributed by atoms with E-state index < -0.39 is 5.54 Å². The SMILES string of the molecule is CN(CCCCCc1cc(-c2ccccc2)n[nH]1)C(=O)C(C)(C)N. The second-order valence-corrected chi connectivity index (χ2v) is 6.90. The van der Waals surface area contributed by atoms with E-state index in [0.717, 1.165) is 49.2 Å². The number of aryl methyl sites for hydroxylation is 1. The first-order chi connectivity index (χ1) is 11.4. The van der Waals surface area contributed by atoms with Gasteiger partial charge in [0.15, 0.2) is 0 Å². The van der Waals surface area contributed by atoms with Gasteiger partial charge >= 0.3 is 0 Å². The molecular formula is C19H28N4O. The minimum Gasteiger partial charge on any atom is -0.344 e. The van der Waals surface area contributed by atoms with Crippen molar-refractivity contribution < 1.29 is 4.79 Å². The first-order valence-electron chi connectivity index (χ1n) is 8.52. The number of hydrogen-bond donors (Lipinski definition) is 2. The summed E-state index contributed by atoms with van der Waals surface area (Å²) >= 11 is 0. The Hall–Kier alpha value is -2.14. The monoisotopic (exact) mass is 328 g/mol. The fraction of sp³-hybridized carbons (Fsp3) is 0.474. The van der Waals surface area contributed by atoms with Gasteiger partial charge in [0.2, 0.25) is 5.91 Å². The molecule has 0 bridgehead atoms. The highest BCUT2D eigenvalue weighted by Crippen LogP contribution is 2.18. The molecule has 0 aliphatic rings. The number of amides is 1. The van der Waals surface area contributed by atoms with Crippen LogP contribution >= 0.6 is 0 Å². The van der Waals surface area contributed by atoms with Crippen LogP contribution < -0.4 is 5.73 Å². The lowest BCUT2D eigenvalue weighted by Crippen LogP contribution is -2.49. The van der Waals surface area contributed by atoms with E-state index in [1.807, 2.05) is 25.2 Å². The lowest BCUT2D eigenvalue weighted by atomic mass is 10.1. The van der Waals surface area contributed by atoms with Crippen molar-refractivity contribution >= 4 is 5.91 Å². The van der Waals surface area contributed by atoms with Crippen LogP contribution in [0.5, 0.6) is 0 Å². The van der Waals surface area contributed by atoms with Crippen molar-refractivity contribution in [2.24, 2.45) is 5.73 Å². The lowest BCUT2D eigenvalue weighted by Gasteiger charge is -2.25. The number of likely N-dealkylation sites (N-methyl/N-ethyl adjacent to an activating group) is 1. The van der Waals surface area contributed by atoms with E-state index in [2.05, 4.69) is 28.4 Å². The van der Waals surface area contributed by atoms with Gasteiger partial charge in [0.05, 0.1) is 11.2 Å². The predicted octanol–water partition coefficient (Wildman–Crippen LogP) is 2.99. The van der Waals surface area contributed by atoms with Crippen molar-refractivity contribution in [2.75, 3.05) is 13.6 Å². The molecule has 0 atom stereocenters. The van der Waals surface area contributed by atoms with E-state index in [-0.39, 0.29) is 5.91 Å². The minimum absolute atomic E-state index is 0.0106. The third kappa shape index (κ3) is 5.20. The zero-order valence-corrected chi connectivity index (χ0v) is 14.9. The average molecular weight is 328 g/mol. The molecule has 2 rings (SSSR count). The second kappa shape index (κ2) is 8.11. The normalized spacial score (nSPS) is 11.5. The number of H-pyrrole nitrogens is 1. The number of aromatic nitrogens is 2. The number of nitrogens with one attached hydrogen (secondary N) is 1. The van der Waals surface area contributed by atoms with Gasteiger partial charge in [0, 0.05) is 24.8 Å². The molecule has 2 aromatic rings. The Morgan fingerprint density at radius 1 is 1.21 bits per heavy atom. The van der Waals surface area contributed by atoms with Gasteiger partial charge in [-0.25, -0.2) is 0 Å². The lowest BCUT2D eigenvalue weighted by molar-refractivity contribution is -0.134. The largest absolute Gasteiger partial charge is 0.344 e. The quantitative estimate of drug-likeness (QED) is 0.732. The molecule has 0 unspecified atom stereocenters. The number of carbonyl (C=O) groups is 1. The topological polar surface area (TPSA) is 75.0 Å². The Labute approximate surface area is 144 Å². The highest BCUT2D eigenvalue weighted by atomic mass is 16.2. The third-order valence-electron chi connectivity index (χ3n) is 4.04. The molecule has 0 radical (unpaired) electrons. The van der Waals surface area contributed by atoms with Crippen molar-refractivity contribution in [3.63, 3.8) is 0 Å². The summed E-state index contributed by atoms with van der Waals surface area (Å²) in [5, 5.41) is 7.48. The second-order valence-electron chi connectivity index (χ2n) is 6.90. The average Bonchev–Trinajstić information content (AvgIpc) is 3.02. The Bertz CT molecular complexity index is 643. The molecule has 5 nitrogen and oxygen atoms in total. The van der Waals surface area contributed by atoms with Crippen molar-refractivity contribution in [3.8, 4) is 11.3 Å². The highest BCUT2D eigenvalue weighted by molar-refractivity contribution is 5.84. The van der Waals surface area contributed by atoms with Gasteiger partial charge in [-0.15, -0.1) is 0 Å². The van der Waals surface area contributed by atoms with Crippen LogP contribution in [0, 0.1) is 0 Å². The van der Waals surface area contributed by atoms with E-state index in [0.29, 0.717) is 0 Å². The first-order valence-corrected chi connectivity index (χ1v) is 8.52. The first kappa shape index (κ1) is 18.2. The summed E-state index contributed by atoms with van der Waals surface area (Å²) in [6.07, 6.45) is 4.10. The zero-order chi connectivity index (χ0) is 17.6. The maximum Gasteiger partial charge on any atom is 0.241 e. The van der Waals surface area contributed by atoms with Gasteiger partial charge in [-0.1, -0.05) is 36.8 Å². The molecule has 24 heavy (non-hydrogen) atoms. The van der Waals surface area contributed by atoms with Crippen LogP contribution in [0.4, 0.5) is 0 Å². The van der Waals surface area contributed by atoms with Gasteiger partial charge < -0.3 is 10.6 Å².